The molecule has 0 saturated carbocycles. The summed E-state index contributed by atoms with van der Waals surface area (Å²) in [5, 5.41) is 5.10. The van der Waals surface area contributed by atoms with Gasteiger partial charge in [-0.1, -0.05) is 13.0 Å². The molecule has 6 heteroatoms. The Kier molecular flexibility index (Phi) is 7.12. The number of methoxy groups -OCH3 is 1. The smallest absolute Gasteiger partial charge is 0.220 e. The maximum Gasteiger partial charge on any atom is 0.220 e. The van der Waals surface area contributed by atoms with Crippen molar-refractivity contribution in [3.63, 3.8) is 0 Å². The molecule has 0 aliphatic carbocycles. The summed E-state index contributed by atoms with van der Waals surface area (Å²) in [4.78, 5) is 15.7. The average Bonchev–Trinajstić information content (AvgIpc) is 3.13. The van der Waals surface area contributed by atoms with E-state index in [1.54, 1.807) is 18.4 Å². The van der Waals surface area contributed by atoms with Crippen LogP contribution in [-0.4, -0.2) is 43.7 Å². The number of carbonyl (C=O) groups is 1. The molecule has 0 bridgehead atoms. The molecule has 1 unspecified atom stereocenters. The van der Waals surface area contributed by atoms with Gasteiger partial charge in [-0.2, -0.15) is 0 Å². The monoisotopic (exact) mass is 388 g/mol. The molecule has 1 aliphatic heterocycles. The molecule has 1 aromatic carbocycles. The maximum atomic E-state index is 12.1. The zero-order chi connectivity index (χ0) is 19.1. The van der Waals surface area contributed by atoms with Gasteiger partial charge in [-0.15, -0.1) is 11.3 Å². The van der Waals surface area contributed by atoms with E-state index in [9.17, 15) is 4.79 Å². The summed E-state index contributed by atoms with van der Waals surface area (Å²) in [5.74, 6) is 1.89. The lowest BCUT2D eigenvalue weighted by atomic mass is 10.2. The molecule has 146 valence electrons. The van der Waals surface area contributed by atoms with Crippen molar-refractivity contribution in [2.75, 3.05) is 26.7 Å². The van der Waals surface area contributed by atoms with Crippen LogP contribution >= 0.6 is 11.3 Å². The van der Waals surface area contributed by atoms with E-state index >= 15 is 0 Å². The van der Waals surface area contributed by atoms with E-state index in [4.69, 9.17) is 9.47 Å². The summed E-state index contributed by atoms with van der Waals surface area (Å²) in [5.41, 5.74) is 1.13. The normalized spacial score (nSPS) is 16.9. The highest BCUT2D eigenvalue weighted by Gasteiger charge is 2.22. The molecular formula is C21H28N2O3S. The Hall–Kier alpha value is -2.05. The Morgan fingerprint density at radius 1 is 1.41 bits per heavy atom. The molecule has 1 atom stereocenters. The van der Waals surface area contributed by atoms with Crippen LogP contribution in [0.4, 0.5) is 0 Å². The number of carbonyl (C=O) groups excluding carboxylic acids is 1. The van der Waals surface area contributed by atoms with Crippen LogP contribution < -0.4 is 14.8 Å². The van der Waals surface area contributed by atoms with E-state index in [0.29, 0.717) is 13.0 Å². The molecule has 1 N–H and O–H groups in total. The summed E-state index contributed by atoms with van der Waals surface area (Å²) < 4.78 is 11.5. The Balaban J connectivity index is 1.51. The first-order valence-electron chi connectivity index (χ1n) is 9.53. The average molecular weight is 389 g/mol. The number of rotatable bonds is 8. The van der Waals surface area contributed by atoms with Crippen LogP contribution in [0.25, 0.3) is 0 Å². The Bertz CT molecular complexity index is 733. The summed E-state index contributed by atoms with van der Waals surface area (Å²) in [6.45, 7) is 5.26. The minimum absolute atomic E-state index is 0.114. The van der Waals surface area contributed by atoms with Gasteiger partial charge in [0.05, 0.1) is 7.11 Å². The number of aryl methyl sites for hydroxylation is 1. The van der Waals surface area contributed by atoms with Gasteiger partial charge in [-0.25, -0.2) is 0 Å². The summed E-state index contributed by atoms with van der Waals surface area (Å²) in [6.07, 6.45) is 2.47. The van der Waals surface area contributed by atoms with E-state index < -0.39 is 0 Å². The summed E-state index contributed by atoms with van der Waals surface area (Å²) in [6, 6.07) is 10.1. The van der Waals surface area contributed by atoms with Crippen molar-refractivity contribution >= 4 is 17.2 Å². The lowest BCUT2D eigenvalue weighted by molar-refractivity contribution is -0.121. The minimum Gasteiger partial charge on any atom is -0.497 e. The van der Waals surface area contributed by atoms with Gasteiger partial charge in [-0.3, -0.25) is 9.69 Å². The van der Waals surface area contributed by atoms with Crippen molar-refractivity contribution in [2.45, 2.75) is 38.8 Å². The number of fused-ring (bicyclic) bond motifs is 1. The van der Waals surface area contributed by atoms with Crippen LogP contribution in [-0.2, 0) is 17.8 Å². The van der Waals surface area contributed by atoms with Gasteiger partial charge in [0, 0.05) is 43.0 Å². The zero-order valence-corrected chi connectivity index (χ0v) is 16.9. The van der Waals surface area contributed by atoms with E-state index in [0.717, 1.165) is 49.5 Å². The first-order valence-corrected chi connectivity index (χ1v) is 10.4. The van der Waals surface area contributed by atoms with Gasteiger partial charge in [0.15, 0.2) is 0 Å². The van der Waals surface area contributed by atoms with Crippen molar-refractivity contribution in [1.29, 1.82) is 0 Å². The van der Waals surface area contributed by atoms with Crippen molar-refractivity contribution in [3.05, 3.63) is 46.2 Å². The molecule has 0 fully saturated rings. The lowest BCUT2D eigenvalue weighted by Gasteiger charge is -2.23. The molecule has 1 aliphatic rings. The molecule has 0 radical (unpaired) electrons. The summed E-state index contributed by atoms with van der Waals surface area (Å²) >= 11 is 1.70. The third-order valence-corrected chi connectivity index (χ3v) is 5.74. The van der Waals surface area contributed by atoms with Crippen LogP contribution in [0.5, 0.6) is 11.5 Å². The van der Waals surface area contributed by atoms with Gasteiger partial charge < -0.3 is 14.8 Å². The van der Waals surface area contributed by atoms with E-state index in [2.05, 4.69) is 23.2 Å². The number of amides is 1. The molecular weight excluding hydrogens is 360 g/mol. The van der Waals surface area contributed by atoms with E-state index in [-0.39, 0.29) is 12.0 Å². The second-order valence-corrected chi connectivity index (χ2v) is 7.82. The van der Waals surface area contributed by atoms with Crippen LogP contribution in [0.3, 0.4) is 0 Å². The molecule has 0 spiro atoms. The molecule has 5 nitrogen and oxygen atoms in total. The van der Waals surface area contributed by atoms with E-state index in [1.165, 1.54) is 4.88 Å². The Labute approximate surface area is 165 Å². The van der Waals surface area contributed by atoms with E-state index in [1.807, 2.05) is 29.6 Å². The second-order valence-electron chi connectivity index (χ2n) is 6.79. The maximum absolute atomic E-state index is 12.1. The highest BCUT2D eigenvalue weighted by molar-refractivity contribution is 7.09. The van der Waals surface area contributed by atoms with Crippen molar-refractivity contribution in [1.82, 2.24) is 10.2 Å². The highest BCUT2D eigenvalue weighted by Crippen LogP contribution is 2.29. The molecule has 1 amide bonds. The third kappa shape index (κ3) is 5.71. The summed E-state index contributed by atoms with van der Waals surface area (Å²) in [7, 11) is 1.68. The van der Waals surface area contributed by atoms with Crippen LogP contribution in [0, 0.1) is 0 Å². The van der Waals surface area contributed by atoms with Gasteiger partial charge in [0.1, 0.15) is 17.6 Å². The standard InChI is InChI=1S/C21H28N2O3S/c1-3-17-15-23(14-16-13-18(25-2)6-8-20(16)26-17)11-10-22-21(24)9-7-19-5-4-12-27-19/h4-6,8,12-13,17H,3,7,9-11,14-15H2,1-2H3,(H,22,24). The fourth-order valence-corrected chi connectivity index (χ4v) is 3.96. The Morgan fingerprint density at radius 2 is 2.30 bits per heavy atom. The first kappa shape index (κ1) is 19.7. The van der Waals surface area contributed by atoms with Crippen molar-refractivity contribution in [2.24, 2.45) is 0 Å². The fourth-order valence-electron chi connectivity index (χ4n) is 3.25. The number of ether oxygens (including phenoxy) is 2. The fraction of sp³-hybridized carbons (Fsp3) is 0.476. The number of hydrogen-bond donors (Lipinski definition) is 1. The van der Waals surface area contributed by atoms with Crippen molar-refractivity contribution < 1.29 is 14.3 Å². The molecule has 0 saturated heterocycles. The van der Waals surface area contributed by atoms with Gasteiger partial charge >= 0.3 is 0 Å². The number of benzene rings is 1. The number of nitrogens with one attached hydrogen (secondary N) is 1. The largest absolute Gasteiger partial charge is 0.497 e. The first-order chi connectivity index (χ1) is 13.2. The SMILES string of the molecule is CCC1CN(CCNC(=O)CCc2cccs2)Cc2cc(OC)ccc2O1. The number of hydrogen-bond acceptors (Lipinski definition) is 5. The predicted octanol–water partition coefficient (Wildman–Crippen LogP) is 3.48. The molecule has 2 aromatic rings. The topological polar surface area (TPSA) is 50.8 Å². The number of nitrogens with zero attached hydrogens (tertiary/aromatic N) is 1. The van der Waals surface area contributed by atoms with Crippen LogP contribution in [0.2, 0.25) is 0 Å². The number of thiophene rings is 1. The molecule has 3 rings (SSSR count). The van der Waals surface area contributed by atoms with Gasteiger partial charge in [-0.05, 0) is 42.5 Å². The molecule has 27 heavy (non-hydrogen) atoms. The van der Waals surface area contributed by atoms with Crippen LogP contribution in [0.15, 0.2) is 35.7 Å². The quantitative estimate of drug-likeness (QED) is 0.752. The lowest BCUT2D eigenvalue weighted by Crippen LogP contribution is -2.38. The van der Waals surface area contributed by atoms with Crippen LogP contribution in [0.1, 0.15) is 30.2 Å². The van der Waals surface area contributed by atoms with Crippen molar-refractivity contribution in [3.8, 4) is 11.5 Å². The Morgan fingerprint density at radius 3 is 3.04 bits per heavy atom. The third-order valence-electron chi connectivity index (χ3n) is 4.80. The van der Waals surface area contributed by atoms with Gasteiger partial charge in [0.2, 0.25) is 5.91 Å². The predicted molar refractivity (Wildman–Crippen MR) is 109 cm³/mol. The molecule has 2 heterocycles. The zero-order valence-electron chi connectivity index (χ0n) is 16.1. The molecule has 1 aromatic heterocycles. The van der Waals surface area contributed by atoms with Gasteiger partial charge in [0.25, 0.3) is 0 Å². The highest BCUT2D eigenvalue weighted by atomic mass is 32.1. The minimum atomic E-state index is 0.114. The second kappa shape index (κ2) is 9.76.